The highest BCUT2D eigenvalue weighted by Crippen LogP contribution is 2.20. The van der Waals surface area contributed by atoms with Gasteiger partial charge in [-0.2, -0.15) is 0 Å². The lowest BCUT2D eigenvalue weighted by molar-refractivity contribution is -0.130. The first-order valence-corrected chi connectivity index (χ1v) is 6.26. The summed E-state index contributed by atoms with van der Waals surface area (Å²) in [5.41, 5.74) is 1.03. The summed E-state index contributed by atoms with van der Waals surface area (Å²) in [6.07, 6.45) is 1.50. The number of amides is 1. The number of hydrogen-bond acceptors (Lipinski definition) is 3. The standard InChI is InChI=1S/C14H19NO3/c1-10(11-5-3-6-12(9-11)17-2)15-14(16)13-7-4-8-18-13/h3,5-6,9-10,13H,4,7-8H2,1-2H3,(H,15,16)/t10-,13+/m0/s1. The summed E-state index contributed by atoms with van der Waals surface area (Å²) in [6.45, 7) is 2.65. The van der Waals surface area contributed by atoms with Crippen molar-refractivity contribution >= 4 is 5.91 Å². The Morgan fingerprint density at radius 2 is 2.39 bits per heavy atom. The van der Waals surface area contributed by atoms with E-state index < -0.39 is 0 Å². The fourth-order valence-electron chi connectivity index (χ4n) is 2.08. The SMILES string of the molecule is COc1cccc([C@H](C)NC(=O)[C@H]2CCCO2)c1. The van der Waals surface area contributed by atoms with Gasteiger partial charge >= 0.3 is 0 Å². The monoisotopic (exact) mass is 249 g/mol. The summed E-state index contributed by atoms with van der Waals surface area (Å²) >= 11 is 0. The molecule has 1 amide bonds. The summed E-state index contributed by atoms with van der Waals surface area (Å²) in [5.74, 6) is 0.772. The summed E-state index contributed by atoms with van der Waals surface area (Å²) in [6, 6.07) is 7.67. The van der Waals surface area contributed by atoms with E-state index in [-0.39, 0.29) is 18.1 Å². The first-order chi connectivity index (χ1) is 8.70. The highest BCUT2D eigenvalue weighted by Gasteiger charge is 2.24. The van der Waals surface area contributed by atoms with Crippen LogP contribution in [0.5, 0.6) is 5.75 Å². The van der Waals surface area contributed by atoms with Crippen molar-refractivity contribution in [1.82, 2.24) is 5.32 Å². The van der Waals surface area contributed by atoms with Crippen LogP contribution in [0.3, 0.4) is 0 Å². The first-order valence-electron chi connectivity index (χ1n) is 6.26. The van der Waals surface area contributed by atoms with Crippen LogP contribution < -0.4 is 10.1 Å². The molecule has 1 N–H and O–H groups in total. The molecule has 0 unspecified atom stereocenters. The third kappa shape index (κ3) is 3.01. The predicted molar refractivity (Wildman–Crippen MR) is 68.5 cm³/mol. The van der Waals surface area contributed by atoms with E-state index in [4.69, 9.17) is 9.47 Å². The lowest BCUT2D eigenvalue weighted by atomic mass is 10.1. The molecule has 98 valence electrons. The van der Waals surface area contributed by atoms with Gasteiger partial charge in [-0.15, -0.1) is 0 Å². The molecule has 1 aliphatic heterocycles. The molecule has 1 aliphatic rings. The Morgan fingerprint density at radius 1 is 1.56 bits per heavy atom. The van der Waals surface area contributed by atoms with E-state index in [0.717, 1.165) is 24.2 Å². The molecule has 1 fully saturated rings. The predicted octanol–water partition coefficient (Wildman–Crippen LogP) is 2.05. The minimum absolute atomic E-state index is 0.0252. The zero-order valence-electron chi connectivity index (χ0n) is 10.8. The highest BCUT2D eigenvalue weighted by molar-refractivity contribution is 5.81. The van der Waals surface area contributed by atoms with E-state index in [9.17, 15) is 4.79 Å². The Labute approximate surface area is 107 Å². The van der Waals surface area contributed by atoms with Crippen molar-refractivity contribution in [2.24, 2.45) is 0 Å². The molecule has 1 saturated heterocycles. The van der Waals surface area contributed by atoms with E-state index in [1.54, 1.807) is 7.11 Å². The number of rotatable bonds is 4. The van der Waals surface area contributed by atoms with Crippen LogP contribution in [0, 0.1) is 0 Å². The van der Waals surface area contributed by atoms with E-state index >= 15 is 0 Å². The minimum atomic E-state index is -0.280. The summed E-state index contributed by atoms with van der Waals surface area (Å²) in [4.78, 5) is 11.9. The van der Waals surface area contributed by atoms with Crippen molar-refractivity contribution in [3.63, 3.8) is 0 Å². The Morgan fingerprint density at radius 3 is 3.06 bits per heavy atom. The van der Waals surface area contributed by atoms with Gasteiger partial charge in [0.25, 0.3) is 0 Å². The van der Waals surface area contributed by atoms with Gasteiger partial charge in [-0.3, -0.25) is 4.79 Å². The van der Waals surface area contributed by atoms with Crippen LogP contribution in [-0.4, -0.2) is 25.7 Å². The molecule has 0 radical (unpaired) electrons. The van der Waals surface area contributed by atoms with Gasteiger partial charge in [-0.25, -0.2) is 0 Å². The maximum absolute atomic E-state index is 11.9. The Bertz CT molecular complexity index is 413. The molecule has 2 atom stereocenters. The van der Waals surface area contributed by atoms with Crippen molar-refractivity contribution in [2.45, 2.75) is 31.9 Å². The molecule has 0 saturated carbocycles. The van der Waals surface area contributed by atoms with E-state index in [1.807, 2.05) is 31.2 Å². The highest BCUT2D eigenvalue weighted by atomic mass is 16.5. The Hall–Kier alpha value is -1.55. The van der Waals surface area contributed by atoms with Crippen molar-refractivity contribution in [3.05, 3.63) is 29.8 Å². The maximum atomic E-state index is 11.9. The first kappa shape index (κ1) is 12.9. The molecule has 1 heterocycles. The van der Waals surface area contributed by atoms with Crippen molar-refractivity contribution in [2.75, 3.05) is 13.7 Å². The van der Waals surface area contributed by atoms with Crippen LogP contribution in [0.25, 0.3) is 0 Å². The molecule has 2 rings (SSSR count). The number of benzene rings is 1. The average molecular weight is 249 g/mol. The molecular weight excluding hydrogens is 230 g/mol. The molecule has 4 nitrogen and oxygen atoms in total. The van der Waals surface area contributed by atoms with E-state index in [2.05, 4.69) is 5.32 Å². The number of carbonyl (C=O) groups excluding carboxylic acids is 1. The van der Waals surface area contributed by atoms with E-state index in [0.29, 0.717) is 6.61 Å². The summed E-state index contributed by atoms with van der Waals surface area (Å²) in [7, 11) is 1.63. The Kier molecular flexibility index (Phi) is 4.20. The van der Waals surface area contributed by atoms with Gasteiger partial charge in [-0.05, 0) is 37.5 Å². The molecular formula is C14H19NO3. The van der Waals surface area contributed by atoms with Crippen LogP contribution in [0.1, 0.15) is 31.4 Å². The van der Waals surface area contributed by atoms with Gasteiger partial charge in [0, 0.05) is 6.61 Å². The van der Waals surface area contributed by atoms with Crippen molar-refractivity contribution in [1.29, 1.82) is 0 Å². The van der Waals surface area contributed by atoms with Crippen molar-refractivity contribution < 1.29 is 14.3 Å². The molecule has 0 spiro atoms. The van der Waals surface area contributed by atoms with Crippen molar-refractivity contribution in [3.8, 4) is 5.75 Å². The molecule has 1 aromatic rings. The van der Waals surface area contributed by atoms with Gasteiger partial charge in [0.2, 0.25) is 5.91 Å². The fraction of sp³-hybridized carbons (Fsp3) is 0.500. The summed E-state index contributed by atoms with van der Waals surface area (Å²) in [5, 5.41) is 2.97. The number of nitrogens with one attached hydrogen (secondary N) is 1. The van der Waals surface area contributed by atoms with E-state index in [1.165, 1.54) is 0 Å². The van der Waals surface area contributed by atoms with Gasteiger partial charge in [0.15, 0.2) is 0 Å². The zero-order valence-corrected chi connectivity index (χ0v) is 10.8. The molecule has 0 aromatic heterocycles. The minimum Gasteiger partial charge on any atom is -0.497 e. The van der Waals surface area contributed by atoms with Crippen LogP contribution in [0.15, 0.2) is 24.3 Å². The van der Waals surface area contributed by atoms with Gasteiger partial charge in [0.1, 0.15) is 11.9 Å². The molecule has 18 heavy (non-hydrogen) atoms. The number of hydrogen-bond donors (Lipinski definition) is 1. The number of methoxy groups -OCH3 is 1. The van der Waals surface area contributed by atoms with Crippen LogP contribution in [0.4, 0.5) is 0 Å². The third-order valence-corrected chi connectivity index (χ3v) is 3.17. The zero-order chi connectivity index (χ0) is 13.0. The fourth-order valence-corrected chi connectivity index (χ4v) is 2.08. The molecule has 0 aliphatic carbocycles. The average Bonchev–Trinajstić information content (AvgIpc) is 2.92. The Balaban J connectivity index is 1.97. The second kappa shape index (κ2) is 5.87. The molecule has 4 heteroatoms. The van der Waals surface area contributed by atoms with Crippen LogP contribution >= 0.6 is 0 Å². The topological polar surface area (TPSA) is 47.6 Å². The smallest absolute Gasteiger partial charge is 0.249 e. The van der Waals surface area contributed by atoms with Gasteiger partial charge in [-0.1, -0.05) is 12.1 Å². The lowest BCUT2D eigenvalue weighted by Gasteiger charge is -2.17. The largest absolute Gasteiger partial charge is 0.497 e. The third-order valence-electron chi connectivity index (χ3n) is 3.17. The summed E-state index contributed by atoms with van der Waals surface area (Å²) < 4.78 is 10.5. The van der Waals surface area contributed by atoms with Crippen LogP contribution in [0.2, 0.25) is 0 Å². The second-order valence-electron chi connectivity index (χ2n) is 4.51. The van der Waals surface area contributed by atoms with Crippen LogP contribution in [-0.2, 0) is 9.53 Å². The quantitative estimate of drug-likeness (QED) is 0.888. The van der Waals surface area contributed by atoms with Gasteiger partial charge in [0.05, 0.1) is 13.2 Å². The number of carbonyl (C=O) groups is 1. The molecule has 1 aromatic carbocycles. The molecule has 0 bridgehead atoms. The maximum Gasteiger partial charge on any atom is 0.249 e. The van der Waals surface area contributed by atoms with Gasteiger partial charge < -0.3 is 14.8 Å². The second-order valence-corrected chi connectivity index (χ2v) is 4.51. The number of ether oxygens (including phenoxy) is 2. The lowest BCUT2D eigenvalue weighted by Crippen LogP contribution is -2.35. The normalized spacial score (nSPS) is 20.4.